The number of hydrogen-bond acceptors (Lipinski definition) is 4. The Balaban J connectivity index is 2.43. The zero-order chi connectivity index (χ0) is 18.6. The molecule has 0 saturated carbocycles. The molecule has 0 spiro atoms. The first-order valence-corrected chi connectivity index (χ1v) is 8.51. The third-order valence-electron chi connectivity index (χ3n) is 4.34. The quantitative estimate of drug-likeness (QED) is 0.447. The van der Waals surface area contributed by atoms with Gasteiger partial charge >= 0.3 is 0 Å². The monoisotopic (exact) mass is 339 g/mol. The fourth-order valence-electron chi connectivity index (χ4n) is 2.86. The molecule has 132 valence electrons. The number of para-hydroxylation sites is 1. The molecule has 0 heterocycles. The highest BCUT2D eigenvalue weighted by Gasteiger charge is 2.35. The zero-order valence-corrected chi connectivity index (χ0v) is 15.2. The molecule has 0 fully saturated rings. The van der Waals surface area contributed by atoms with Crippen LogP contribution in [0.3, 0.4) is 0 Å². The van der Waals surface area contributed by atoms with Gasteiger partial charge in [0.25, 0.3) is 0 Å². The summed E-state index contributed by atoms with van der Waals surface area (Å²) in [6.45, 7) is 7.45. The van der Waals surface area contributed by atoms with Crippen LogP contribution in [0.4, 0.5) is 5.69 Å². The van der Waals surface area contributed by atoms with E-state index in [0.29, 0.717) is 11.3 Å². The van der Waals surface area contributed by atoms with E-state index in [0.717, 1.165) is 18.5 Å². The van der Waals surface area contributed by atoms with Gasteiger partial charge in [0.15, 0.2) is 0 Å². The van der Waals surface area contributed by atoms with E-state index in [1.54, 1.807) is 0 Å². The molecular formula is C21H25NO3. The second-order valence-corrected chi connectivity index (χ2v) is 6.67. The summed E-state index contributed by atoms with van der Waals surface area (Å²) in [6.07, 6.45) is 3.65. The largest absolute Gasteiger partial charge is 0.505 e. The Hall–Kier alpha value is -2.62. The van der Waals surface area contributed by atoms with Crippen LogP contribution in [-0.4, -0.2) is 16.7 Å². The Morgan fingerprint density at radius 1 is 1.16 bits per heavy atom. The lowest BCUT2D eigenvalue weighted by molar-refractivity contribution is -0.132. The van der Waals surface area contributed by atoms with Gasteiger partial charge in [0.2, 0.25) is 11.6 Å². The van der Waals surface area contributed by atoms with Crippen molar-refractivity contribution in [3.63, 3.8) is 0 Å². The van der Waals surface area contributed by atoms with Crippen LogP contribution in [0, 0.1) is 5.92 Å². The van der Waals surface area contributed by atoms with Gasteiger partial charge in [-0.25, -0.2) is 0 Å². The van der Waals surface area contributed by atoms with E-state index in [1.165, 1.54) is 12.5 Å². The molecule has 1 atom stereocenters. The second kappa shape index (κ2) is 7.97. The Labute approximate surface area is 148 Å². The summed E-state index contributed by atoms with van der Waals surface area (Å²) in [5.74, 6) is -1.44. The molecule has 0 aliphatic heterocycles. The van der Waals surface area contributed by atoms with Crippen molar-refractivity contribution in [2.75, 3.05) is 5.32 Å². The highest BCUT2D eigenvalue weighted by Crippen LogP contribution is 2.32. The zero-order valence-electron chi connectivity index (χ0n) is 15.2. The highest BCUT2D eigenvalue weighted by molar-refractivity contribution is 6.50. The normalized spacial score (nSPS) is 16.2. The first-order valence-electron chi connectivity index (χ1n) is 8.51. The third-order valence-corrected chi connectivity index (χ3v) is 4.34. The first-order chi connectivity index (χ1) is 11.8. The van der Waals surface area contributed by atoms with Gasteiger partial charge in [-0.05, 0) is 51.7 Å². The van der Waals surface area contributed by atoms with Crippen LogP contribution in [0.5, 0.6) is 0 Å². The number of carbonyl (C=O) groups is 2. The van der Waals surface area contributed by atoms with Crippen molar-refractivity contribution in [3.05, 3.63) is 64.6 Å². The Morgan fingerprint density at radius 2 is 1.80 bits per heavy atom. The van der Waals surface area contributed by atoms with E-state index in [9.17, 15) is 14.7 Å². The van der Waals surface area contributed by atoms with Crippen molar-refractivity contribution in [1.29, 1.82) is 0 Å². The van der Waals surface area contributed by atoms with Crippen molar-refractivity contribution in [3.8, 4) is 0 Å². The predicted octanol–water partition coefficient (Wildman–Crippen LogP) is 4.72. The summed E-state index contributed by atoms with van der Waals surface area (Å²) in [7, 11) is 0. The maximum atomic E-state index is 12.6. The average molecular weight is 339 g/mol. The summed E-state index contributed by atoms with van der Waals surface area (Å²) < 4.78 is 0. The van der Waals surface area contributed by atoms with Gasteiger partial charge in [-0.3, -0.25) is 9.59 Å². The number of carbonyl (C=O) groups excluding carboxylic acids is 2. The average Bonchev–Trinajstić information content (AvgIpc) is 2.58. The molecule has 1 aromatic rings. The highest BCUT2D eigenvalue weighted by atomic mass is 16.3. The van der Waals surface area contributed by atoms with Crippen molar-refractivity contribution in [1.82, 2.24) is 0 Å². The van der Waals surface area contributed by atoms with Crippen LogP contribution in [-0.2, 0) is 9.59 Å². The number of anilines is 1. The van der Waals surface area contributed by atoms with Crippen molar-refractivity contribution in [2.45, 2.75) is 40.5 Å². The molecule has 0 unspecified atom stereocenters. The number of rotatable bonds is 6. The Bertz CT molecular complexity index is 766. The van der Waals surface area contributed by atoms with Gasteiger partial charge < -0.3 is 10.4 Å². The maximum absolute atomic E-state index is 12.6. The number of Topliss-reactive ketones (excluding diaryl/α,β-unsaturated/α-hetero) is 2. The number of aliphatic hydroxyl groups is 1. The Morgan fingerprint density at radius 3 is 2.40 bits per heavy atom. The SMILES string of the molecule is CC(C)=CCC[C@@H](C)C1=C(Nc2ccccc2)C(O)=C(C)C(=O)C1=O. The summed E-state index contributed by atoms with van der Waals surface area (Å²) in [5, 5.41) is 13.6. The molecule has 4 heteroatoms. The molecule has 0 aromatic heterocycles. The summed E-state index contributed by atoms with van der Waals surface area (Å²) in [5.41, 5.74) is 2.77. The van der Waals surface area contributed by atoms with E-state index >= 15 is 0 Å². The first kappa shape index (κ1) is 18.7. The summed E-state index contributed by atoms with van der Waals surface area (Å²) >= 11 is 0. The number of benzene rings is 1. The molecule has 4 nitrogen and oxygen atoms in total. The lowest BCUT2D eigenvalue weighted by Gasteiger charge is -2.24. The molecule has 0 amide bonds. The van der Waals surface area contributed by atoms with Gasteiger partial charge in [-0.15, -0.1) is 0 Å². The standard InChI is InChI=1S/C21H25NO3/c1-13(2)9-8-10-14(3)17-18(22-16-11-6-5-7-12-16)19(23)15(4)20(24)21(17)25/h5-7,9,11-12,14,22-23H,8,10H2,1-4H3/t14-/m1/s1. The van der Waals surface area contributed by atoms with Crippen LogP contribution in [0.15, 0.2) is 64.6 Å². The topological polar surface area (TPSA) is 66.4 Å². The molecular weight excluding hydrogens is 314 g/mol. The summed E-state index contributed by atoms with van der Waals surface area (Å²) in [6, 6.07) is 9.32. The number of allylic oxidation sites excluding steroid dienone is 4. The minimum Gasteiger partial charge on any atom is -0.505 e. The second-order valence-electron chi connectivity index (χ2n) is 6.67. The number of aliphatic hydroxyl groups excluding tert-OH is 1. The van der Waals surface area contributed by atoms with E-state index in [-0.39, 0.29) is 17.3 Å². The van der Waals surface area contributed by atoms with Gasteiger partial charge in [0, 0.05) is 16.8 Å². The molecule has 2 N–H and O–H groups in total. The molecule has 1 aromatic carbocycles. The van der Waals surface area contributed by atoms with E-state index in [4.69, 9.17) is 0 Å². The van der Waals surface area contributed by atoms with E-state index in [1.807, 2.05) is 51.1 Å². The molecule has 2 rings (SSSR count). The predicted molar refractivity (Wildman–Crippen MR) is 100 cm³/mol. The summed E-state index contributed by atoms with van der Waals surface area (Å²) in [4.78, 5) is 24.8. The lowest BCUT2D eigenvalue weighted by atomic mass is 9.83. The molecule has 0 saturated heterocycles. The van der Waals surface area contributed by atoms with Gasteiger partial charge in [0.1, 0.15) is 5.76 Å². The number of nitrogens with one attached hydrogen (secondary N) is 1. The minimum atomic E-state index is -0.625. The Kier molecular flexibility index (Phi) is 5.97. The fourth-order valence-corrected chi connectivity index (χ4v) is 2.86. The molecule has 0 bridgehead atoms. The lowest BCUT2D eigenvalue weighted by Crippen LogP contribution is -2.30. The molecule has 25 heavy (non-hydrogen) atoms. The number of ketones is 2. The third kappa shape index (κ3) is 4.27. The van der Waals surface area contributed by atoms with Crippen LogP contribution in [0.2, 0.25) is 0 Å². The molecule has 1 aliphatic rings. The van der Waals surface area contributed by atoms with Crippen LogP contribution in [0.25, 0.3) is 0 Å². The van der Waals surface area contributed by atoms with Crippen LogP contribution in [0.1, 0.15) is 40.5 Å². The van der Waals surface area contributed by atoms with Gasteiger partial charge in [-0.2, -0.15) is 0 Å². The van der Waals surface area contributed by atoms with Crippen LogP contribution < -0.4 is 5.32 Å². The van der Waals surface area contributed by atoms with Crippen LogP contribution >= 0.6 is 0 Å². The minimum absolute atomic E-state index is 0.0867. The van der Waals surface area contributed by atoms with Gasteiger partial charge in [-0.1, -0.05) is 36.8 Å². The molecule has 0 radical (unpaired) electrons. The van der Waals surface area contributed by atoms with E-state index < -0.39 is 11.6 Å². The fraction of sp³-hybridized carbons (Fsp3) is 0.333. The molecule has 1 aliphatic carbocycles. The van der Waals surface area contributed by atoms with Crippen molar-refractivity contribution in [2.24, 2.45) is 5.92 Å². The maximum Gasteiger partial charge on any atom is 0.232 e. The van der Waals surface area contributed by atoms with Crippen molar-refractivity contribution < 1.29 is 14.7 Å². The van der Waals surface area contributed by atoms with Gasteiger partial charge in [0.05, 0.1) is 5.70 Å². The number of hydrogen-bond donors (Lipinski definition) is 2. The smallest absolute Gasteiger partial charge is 0.232 e. The van der Waals surface area contributed by atoms with E-state index in [2.05, 4.69) is 11.4 Å². The van der Waals surface area contributed by atoms with Crippen molar-refractivity contribution >= 4 is 17.3 Å².